The van der Waals surface area contributed by atoms with Gasteiger partial charge in [0.15, 0.2) is 0 Å². The highest BCUT2D eigenvalue weighted by atomic mass is 16.5. The third-order valence-corrected chi connectivity index (χ3v) is 3.77. The largest absolute Gasteiger partial charge is 0.493 e. The summed E-state index contributed by atoms with van der Waals surface area (Å²) in [5.74, 6) is 0.909. The summed E-state index contributed by atoms with van der Waals surface area (Å²) < 4.78 is 7.44. The van der Waals surface area contributed by atoms with Crippen LogP contribution in [0.2, 0.25) is 0 Å². The van der Waals surface area contributed by atoms with Crippen molar-refractivity contribution in [3.63, 3.8) is 0 Å². The van der Waals surface area contributed by atoms with E-state index in [1.807, 2.05) is 24.3 Å². The first kappa shape index (κ1) is 13.1. The molecule has 0 saturated carbocycles. The van der Waals surface area contributed by atoms with Crippen molar-refractivity contribution in [1.82, 2.24) is 15.0 Å². The van der Waals surface area contributed by atoms with E-state index in [9.17, 15) is 5.11 Å². The summed E-state index contributed by atoms with van der Waals surface area (Å²) >= 11 is 0. The minimum absolute atomic E-state index is 0.0362. The second-order valence-corrected chi connectivity index (χ2v) is 5.11. The summed E-state index contributed by atoms with van der Waals surface area (Å²) in [6, 6.07) is 7.91. The number of fused-ring (bicyclic) bond motifs is 1. The smallest absolute Gasteiger partial charge is 0.122 e. The molecule has 2 unspecified atom stereocenters. The Balaban J connectivity index is 1.91. The van der Waals surface area contributed by atoms with Crippen LogP contribution in [0.25, 0.3) is 0 Å². The number of rotatable bonds is 4. The van der Waals surface area contributed by atoms with Crippen molar-refractivity contribution in [3.8, 4) is 5.75 Å². The molecular weight excluding hydrogens is 254 g/mol. The van der Waals surface area contributed by atoms with Crippen LogP contribution >= 0.6 is 0 Å². The van der Waals surface area contributed by atoms with E-state index in [0.29, 0.717) is 6.61 Å². The van der Waals surface area contributed by atoms with Gasteiger partial charge in [-0.05, 0) is 18.9 Å². The molecule has 1 aromatic carbocycles. The molecule has 0 saturated heterocycles. The van der Waals surface area contributed by atoms with Crippen molar-refractivity contribution >= 4 is 0 Å². The van der Waals surface area contributed by atoms with E-state index in [2.05, 4.69) is 17.2 Å². The number of aliphatic hydroxyl groups excluding tert-OH is 1. The minimum atomic E-state index is -0.596. The Labute approximate surface area is 118 Å². The Morgan fingerprint density at radius 3 is 3.15 bits per heavy atom. The zero-order valence-corrected chi connectivity index (χ0v) is 11.6. The van der Waals surface area contributed by atoms with Crippen LogP contribution in [0.1, 0.15) is 43.0 Å². The summed E-state index contributed by atoms with van der Waals surface area (Å²) in [6.07, 6.45) is 2.84. The number of para-hydroxylation sites is 1. The predicted molar refractivity (Wildman–Crippen MR) is 74.6 cm³/mol. The minimum Gasteiger partial charge on any atom is -0.493 e. The van der Waals surface area contributed by atoms with Gasteiger partial charge in [-0.15, -0.1) is 5.10 Å². The first-order valence-electron chi connectivity index (χ1n) is 7.09. The van der Waals surface area contributed by atoms with E-state index in [-0.39, 0.29) is 5.92 Å². The molecule has 0 spiro atoms. The van der Waals surface area contributed by atoms with Gasteiger partial charge in [-0.1, -0.05) is 30.3 Å². The molecule has 1 aliphatic rings. The zero-order chi connectivity index (χ0) is 13.9. The van der Waals surface area contributed by atoms with Crippen LogP contribution in [-0.4, -0.2) is 26.7 Å². The Kier molecular flexibility index (Phi) is 3.69. The van der Waals surface area contributed by atoms with Crippen molar-refractivity contribution in [2.45, 2.75) is 38.3 Å². The normalized spacial score (nSPS) is 19.2. The molecule has 0 aliphatic carbocycles. The Morgan fingerprint density at radius 1 is 1.45 bits per heavy atom. The fourth-order valence-corrected chi connectivity index (χ4v) is 2.78. The van der Waals surface area contributed by atoms with Gasteiger partial charge in [-0.2, -0.15) is 0 Å². The molecule has 3 rings (SSSR count). The van der Waals surface area contributed by atoms with Gasteiger partial charge in [-0.25, -0.2) is 4.68 Å². The maximum Gasteiger partial charge on any atom is 0.122 e. The number of nitrogens with zero attached hydrogens (tertiary/aromatic N) is 3. The van der Waals surface area contributed by atoms with Gasteiger partial charge < -0.3 is 9.84 Å². The maximum atomic E-state index is 10.7. The number of benzene rings is 1. The highest BCUT2D eigenvalue weighted by Gasteiger charge is 2.30. The number of aromatic nitrogens is 3. The molecule has 5 heteroatoms. The molecule has 1 aromatic heterocycles. The Hall–Kier alpha value is -1.88. The van der Waals surface area contributed by atoms with Crippen molar-refractivity contribution in [2.75, 3.05) is 6.61 Å². The molecule has 1 aliphatic heterocycles. The third kappa shape index (κ3) is 2.29. The summed E-state index contributed by atoms with van der Waals surface area (Å²) in [5, 5.41) is 18.7. The average Bonchev–Trinajstić information content (AvgIpc) is 2.94. The van der Waals surface area contributed by atoms with Crippen LogP contribution in [0, 0.1) is 0 Å². The molecule has 1 N–H and O–H groups in total. The SMILES string of the molecule is CCCn1nncc1C(O)C1CCOc2ccccc21. The van der Waals surface area contributed by atoms with E-state index in [0.717, 1.165) is 36.4 Å². The summed E-state index contributed by atoms with van der Waals surface area (Å²) in [5.41, 5.74) is 1.85. The highest BCUT2D eigenvalue weighted by molar-refractivity contribution is 5.39. The van der Waals surface area contributed by atoms with Crippen LogP contribution in [-0.2, 0) is 6.54 Å². The molecule has 0 fully saturated rings. The van der Waals surface area contributed by atoms with Crippen LogP contribution in [0.4, 0.5) is 0 Å². The summed E-state index contributed by atoms with van der Waals surface area (Å²) in [7, 11) is 0. The third-order valence-electron chi connectivity index (χ3n) is 3.77. The summed E-state index contributed by atoms with van der Waals surface area (Å²) in [6.45, 7) is 3.49. The van der Waals surface area contributed by atoms with Crippen molar-refractivity contribution in [3.05, 3.63) is 41.7 Å². The summed E-state index contributed by atoms with van der Waals surface area (Å²) in [4.78, 5) is 0. The lowest BCUT2D eigenvalue weighted by molar-refractivity contribution is 0.109. The van der Waals surface area contributed by atoms with Gasteiger partial charge in [-0.3, -0.25) is 0 Å². The highest BCUT2D eigenvalue weighted by Crippen LogP contribution is 2.40. The fraction of sp³-hybridized carbons (Fsp3) is 0.467. The molecule has 0 amide bonds. The van der Waals surface area contributed by atoms with E-state index < -0.39 is 6.10 Å². The van der Waals surface area contributed by atoms with Crippen molar-refractivity contribution < 1.29 is 9.84 Å². The van der Waals surface area contributed by atoms with Gasteiger partial charge in [0.1, 0.15) is 11.9 Å². The van der Waals surface area contributed by atoms with E-state index in [4.69, 9.17) is 4.74 Å². The predicted octanol–water partition coefficient (Wildman–Crippen LogP) is 2.29. The molecule has 106 valence electrons. The molecule has 2 aromatic rings. The molecule has 0 radical (unpaired) electrons. The van der Waals surface area contributed by atoms with Gasteiger partial charge in [0.05, 0.1) is 18.5 Å². The topological polar surface area (TPSA) is 60.2 Å². The van der Waals surface area contributed by atoms with Crippen molar-refractivity contribution in [2.24, 2.45) is 0 Å². The zero-order valence-electron chi connectivity index (χ0n) is 11.6. The van der Waals surface area contributed by atoms with Gasteiger partial charge >= 0.3 is 0 Å². The molecule has 2 atom stereocenters. The van der Waals surface area contributed by atoms with E-state index >= 15 is 0 Å². The van der Waals surface area contributed by atoms with Gasteiger partial charge in [0.25, 0.3) is 0 Å². The number of ether oxygens (including phenoxy) is 1. The lowest BCUT2D eigenvalue weighted by Crippen LogP contribution is -2.22. The molecule has 20 heavy (non-hydrogen) atoms. The van der Waals surface area contributed by atoms with E-state index in [1.165, 1.54) is 0 Å². The number of hydrogen-bond donors (Lipinski definition) is 1. The average molecular weight is 273 g/mol. The van der Waals surface area contributed by atoms with Crippen LogP contribution in [0.5, 0.6) is 5.75 Å². The van der Waals surface area contributed by atoms with Gasteiger partial charge in [0.2, 0.25) is 0 Å². The fourth-order valence-electron chi connectivity index (χ4n) is 2.78. The standard InChI is InChI=1S/C15H19N3O2/c1-2-8-18-13(10-16-17-18)15(19)12-7-9-20-14-6-4-3-5-11(12)14/h3-6,10,12,15,19H,2,7-9H2,1H3. The lowest BCUT2D eigenvalue weighted by atomic mass is 9.87. The monoisotopic (exact) mass is 273 g/mol. The first-order valence-corrected chi connectivity index (χ1v) is 7.09. The first-order chi connectivity index (χ1) is 9.81. The number of aliphatic hydroxyl groups is 1. The number of hydrogen-bond acceptors (Lipinski definition) is 4. The van der Waals surface area contributed by atoms with Crippen LogP contribution < -0.4 is 4.74 Å². The quantitative estimate of drug-likeness (QED) is 0.928. The second-order valence-electron chi connectivity index (χ2n) is 5.11. The number of aryl methyl sites for hydroxylation is 1. The maximum absolute atomic E-state index is 10.7. The van der Waals surface area contributed by atoms with Crippen molar-refractivity contribution in [1.29, 1.82) is 0 Å². The molecular formula is C15H19N3O2. The Bertz CT molecular complexity index is 582. The molecule has 2 heterocycles. The molecule has 5 nitrogen and oxygen atoms in total. The van der Waals surface area contributed by atoms with Crippen LogP contribution in [0.15, 0.2) is 30.5 Å². The lowest BCUT2D eigenvalue weighted by Gasteiger charge is -2.29. The van der Waals surface area contributed by atoms with Gasteiger partial charge in [0, 0.05) is 18.0 Å². The van der Waals surface area contributed by atoms with Crippen LogP contribution in [0.3, 0.4) is 0 Å². The van der Waals surface area contributed by atoms with E-state index in [1.54, 1.807) is 10.9 Å². The Morgan fingerprint density at radius 2 is 2.30 bits per heavy atom. The molecule has 0 bridgehead atoms. The second kappa shape index (κ2) is 5.63.